The summed E-state index contributed by atoms with van der Waals surface area (Å²) < 4.78 is 6.09. The molecule has 0 saturated carbocycles. The molecular weight excluding hydrogens is 282 g/mol. The molecule has 2 aromatic rings. The van der Waals surface area contributed by atoms with Crippen LogP contribution in [0.1, 0.15) is 5.69 Å². The summed E-state index contributed by atoms with van der Waals surface area (Å²) in [5.41, 5.74) is 8.91. The lowest BCUT2D eigenvalue weighted by molar-refractivity contribution is 0.201. The third-order valence-corrected chi connectivity index (χ3v) is 3.03. The number of nitrogens with zero attached hydrogens (tertiary/aromatic N) is 1. The van der Waals surface area contributed by atoms with Gasteiger partial charge in [0, 0.05) is 29.3 Å². The Morgan fingerprint density at radius 1 is 1.47 bits per heavy atom. The molecule has 90 valence electrons. The number of anilines is 1. The van der Waals surface area contributed by atoms with E-state index in [1.807, 2.05) is 24.3 Å². The third-order valence-electron chi connectivity index (χ3n) is 2.54. The van der Waals surface area contributed by atoms with Crippen LogP contribution < -0.4 is 5.73 Å². The Kier molecular flexibility index (Phi) is 3.81. The monoisotopic (exact) mass is 295 g/mol. The summed E-state index contributed by atoms with van der Waals surface area (Å²) in [7, 11) is 1.68. The van der Waals surface area contributed by atoms with Crippen LogP contribution in [0.2, 0.25) is 0 Å². The maximum absolute atomic E-state index is 5.90. The highest BCUT2D eigenvalue weighted by Crippen LogP contribution is 2.29. The molecule has 0 spiro atoms. The summed E-state index contributed by atoms with van der Waals surface area (Å²) in [6, 6.07) is 8.00. The number of benzene rings is 1. The van der Waals surface area contributed by atoms with E-state index in [9.17, 15) is 0 Å². The SMILES string of the molecule is COCCc1[nH]nc(N)c1-c1cccc(Br)c1. The quantitative estimate of drug-likeness (QED) is 0.911. The zero-order valence-corrected chi connectivity index (χ0v) is 11.1. The molecule has 2 rings (SSSR count). The molecule has 0 amide bonds. The third kappa shape index (κ3) is 2.68. The Morgan fingerprint density at radius 2 is 2.29 bits per heavy atom. The van der Waals surface area contributed by atoms with Gasteiger partial charge in [-0.25, -0.2) is 0 Å². The number of halogens is 1. The van der Waals surface area contributed by atoms with Crippen molar-refractivity contribution in [1.29, 1.82) is 0 Å². The van der Waals surface area contributed by atoms with Gasteiger partial charge in [-0.1, -0.05) is 28.1 Å². The van der Waals surface area contributed by atoms with E-state index in [0.717, 1.165) is 27.7 Å². The molecule has 0 radical (unpaired) electrons. The van der Waals surface area contributed by atoms with Crippen LogP contribution in [0, 0.1) is 0 Å². The van der Waals surface area contributed by atoms with E-state index in [0.29, 0.717) is 12.4 Å². The van der Waals surface area contributed by atoms with Crippen LogP contribution in [-0.4, -0.2) is 23.9 Å². The summed E-state index contributed by atoms with van der Waals surface area (Å²) in [6.45, 7) is 0.642. The van der Waals surface area contributed by atoms with Crippen molar-refractivity contribution in [3.05, 3.63) is 34.4 Å². The largest absolute Gasteiger partial charge is 0.384 e. The summed E-state index contributed by atoms with van der Waals surface area (Å²) in [4.78, 5) is 0. The van der Waals surface area contributed by atoms with E-state index in [-0.39, 0.29) is 0 Å². The minimum atomic E-state index is 0.522. The van der Waals surface area contributed by atoms with E-state index < -0.39 is 0 Å². The first-order chi connectivity index (χ1) is 8.22. The number of rotatable bonds is 4. The van der Waals surface area contributed by atoms with Crippen molar-refractivity contribution < 1.29 is 4.74 Å². The number of aromatic nitrogens is 2. The number of hydrogen-bond acceptors (Lipinski definition) is 3. The molecule has 0 bridgehead atoms. The number of H-pyrrole nitrogens is 1. The molecule has 17 heavy (non-hydrogen) atoms. The Labute approximate surface area is 108 Å². The van der Waals surface area contributed by atoms with Crippen molar-refractivity contribution in [1.82, 2.24) is 10.2 Å². The van der Waals surface area contributed by atoms with Gasteiger partial charge in [0.15, 0.2) is 5.82 Å². The molecule has 0 aliphatic carbocycles. The second kappa shape index (κ2) is 5.33. The lowest BCUT2D eigenvalue weighted by Crippen LogP contribution is -1.97. The number of aromatic amines is 1. The van der Waals surface area contributed by atoms with Crippen LogP contribution in [0.4, 0.5) is 5.82 Å². The predicted molar refractivity (Wildman–Crippen MR) is 71.7 cm³/mol. The molecule has 0 atom stereocenters. The molecule has 3 N–H and O–H groups in total. The zero-order chi connectivity index (χ0) is 12.3. The van der Waals surface area contributed by atoms with Crippen molar-refractivity contribution in [3.8, 4) is 11.1 Å². The summed E-state index contributed by atoms with van der Waals surface area (Å²) in [5, 5.41) is 7.01. The number of methoxy groups -OCH3 is 1. The second-order valence-corrected chi connectivity index (χ2v) is 4.63. The highest BCUT2D eigenvalue weighted by molar-refractivity contribution is 9.10. The van der Waals surface area contributed by atoms with Crippen LogP contribution >= 0.6 is 15.9 Å². The number of nitrogen functional groups attached to an aromatic ring is 1. The van der Waals surface area contributed by atoms with Crippen molar-refractivity contribution in [2.45, 2.75) is 6.42 Å². The summed E-state index contributed by atoms with van der Waals surface area (Å²) in [5.74, 6) is 0.522. The normalized spacial score (nSPS) is 10.7. The minimum Gasteiger partial charge on any atom is -0.384 e. The Hall–Kier alpha value is -1.33. The van der Waals surface area contributed by atoms with Crippen LogP contribution in [0.25, 0.3) is 11.1 Å². The van der Waals surface area contributed by atoms with Gasteiger partial charge in [0.25, 0.3) is 0 Å². The van der Waals surface area contributed by atoms with Crippen LogP contribution in [-0.2, 0) is 11.2 Å². The van der Waals surface area contributed by atoms with Crippen molar-refractivity contribution in [2.24, 2.45) is 0 Å². The Bertz CT molecular complexity index is 510. The van der Waals surface area contributed by atoms with Crippen molar-refractivity contribution in [3.63, 3.8) is 0 Å². The number of nitrogens with two attached hydrogens (primary N) is 1. The molecule has 1 heterocycles. The van der Waals surface area contributed by atoms with Crippen LogP contribution in [0.3, 0.4) is 0 Å². The molecule has 5 heteroatoms. The van der Waals surface area contributed by atoms with E-state index in [1.165, 1.54) is 0 Å². The first kappa shape index (κ1) is 12.1. The fraction of sp³-hybridized carbons (Fsp3) is 0.250. The molecule has 1 aromatic carbocycles. The summed E-state index contributed by atoms with van der Waals surface area (Å²) >= 11 is 3.45. The summed E-state index contributed by atoms with van der Waals surface area (Å²) in [6.07, 6.45) is 0.766. The highest BCUT2D eigenvalue weighted by Gasteiger charge is 2.12. The van der Waals surface area contributed by atoms with Gasteiger partial charge in [-0.15, -0.1) is 0 Å². The van der Waals surface area contributed by atoms with Gasteiger partial charge < -0.3 is 10.5 Å². The number of ether oxygens (including phenoxy) is 1. The molecule has 0 saturated heterocycles. The molecule has 0 fully saturated rings. The smallest absolute Gasteiger partial charge is 0.153 e. The average molecular weight is 296 g/mol. The van der Waals surface area contributed by atoms with E-state index in [2.05, 4.69) is 26.1 Å². The van der Waals surface area contributed by atoms with E-state index in [1.54, 1.807) is 7.11 Å². The Morgan fingerprint density at radius 3 is 3.00 bits per heavy atom. The van der Waals surface area contributed by atoms with Crippen molar-refractivity contribution >= 4 is 21.7 Å². The predicted octanol–water partition coefficient (Wildman–Crippen LogP) is 2.61. The van der Waals surface area contributed by atoms with Crippen molar-refractivity contribution in [2.75, 3.05) is 19.5 Å². The molecule has 4 nitrogen and oxygen atoms in total. The number of hydrogen-bond donors (Lipinski definition) is 2. The highest BCUT2D eigenvalue weighted by atomic mass is 79.9. The fourth-order valence-electron chi connectivity index (χ4n) is 1.75. The van der Waals surface area contributed by atoms with Gasteiger partial charge in [0.05, 0.1) is 6.61 Å². The fourth-order valence-corrected chi connectivity index (χ4v) is 2.14. The van der Waals surface area contributed by atoms with E-state index in [4.69, 9.17) is 10.5 Å². The van der Waals surface area contributed by atoms with Gasteiger partial charge in [-0.2, -0.15) is 5.10 Å². The maximum atomic E-state index is 5.90. The zero-order valence-electron chi connectivity index (χ0n) is 9.53. The van der Waals surface area contributed by atoms with Gasteiger partial charge in [0.2, 0.25) is 0 Å². The lowest BCUT2D eigenvalue weighted by Gasteiger charge is -2.04. The average Bonchev–Trinajstić information content (AvgIpc) is 2.68. The standard InChI is InChI=1S/C12H14BrN3O/c1-17-6-5-10-11(12(14)16-15-10)8-3-2-4-9(13)7-8/h2-4,7H,5-6H2,1H3,(H3,14,15,16). The first-order valence-corrected chi connectivity index (χ1v) is 6.09. The molecule has 0 aliphatic heterocycles. The van der Waals surface area contributed by atoms with Gasteiger partial charge >= 0.3 is 0 Å². The molecule has 0 aliphatic rings. The Balaban J connectivity index is 2.39. The van der Waals surface area contributed by atoms with Crippen LogP contribution in [0.5, 0.6) is 0 Å². The van der Waals surface area contributed by atoms with E-state index >= 15 is 0 Å². The second-order valence-electron chi connectivity index (χ2n) is 3.72. The maximum Gasteiger partial charge on any atom is 0.153 e. The first-order valence-electron chi connectivity index (χ1n) is 5.30. The molecule has 0 unspecified atom stereocenters. The van der Waals surface area contributed by atoms with Gasteiger partial charge in [-0.05, 0) is 17.7 Å². The number of nitrogens with one attached hydrogen (secondary N) is 1. The van der Waals surface area contributed by atoms with Gasteiger partial charge in [-0.3, -0.25) is 5.10 Å². The minimum absolute atomic E-state index is 0.522. The molecular formula is C12H14BrN3O. The topological polar surface area (TPSA) is 63.9 Å². The lowest BCUT2D eigenvalue weighted by atomic mass is 10.0. The van der Waals surface area contributed by atoms with Crippen LogP contribution in [0.15, 0.2) is 28.7 Å². The molecule has 1 aromatic heterocycles. The van der Waals surface area contributed by atoms with Gasteiger partial charge in [0.1, 0.15) is 0 Å².